The van der Waals surface area contributed by atoms with E-state index in [0.29, 0.717) is 10.0 Å². The van der Waals surface area contributed by atoms with Crippen molar-refractivity contribution in [2.75, 3.05) is 29.9 Å². The quantitative estimate of drug-likeness (QED) is 0.160. The third-order valence-electron chi connectivity index (χ3n) is 3.16. The number of carboxylic acids is 1. The molecule has 0 aliphatic heterocycles. The zero-order valence-corrected chi connectivity index (χ0v) is 17.3. The summed E-state index contributed by atoms with van der Waals surface area (Å²) in [6.07, 6.45) is 0. The third-order valence-corrected chi connectivity index (χ3v) is 5.79. The van der Waals surface area contributed by atoms with Crippen LogP contribution in [0.25, 0.3) is 0 Å². The van der Waals surface area contributed by atoms with Gasteiger partial charge >= 0.3 is 130 Å². The Labute approximate surface area is 170 Å². The van der Waals surface area contributed by atoms with Gasteiger partial charge in [0.25, 0.3) is 0 Å². The van der Waals surface area contributed by atoms with Crippen LogP contribution in [-0.4, -0.2) is 83.0 Å². The molecule has 0 fully saturated rings. The van der Waals surface area contributed by atoms with E-state index in [0.717, 1.165) is 11.8 Å². The number of benzene rings is 1. The second kappa shape index (κ2) is 12.4. The van der Waals surface area contributed by atoms with Crippen LogP contribution in [0.2, 0.25) is 0 Å². The molecule has 1 rings (SSSR count). The Balaban J connectivity index is 2.40. The molecule has 0 heterocycles. The van der Waals surface area contributed by atoms with E-state index in [9.17, 15) is 19.2 Å². The number of carboxylic acid groups (broad SMARTS) is 1. The van der Waals surface area contributed by atoms with Crippen LogP contribution in [0.4, 0.5) is 5.69 Å². The molecule has 11 nitrogen and oxygen atoms in total. The van der Waals surface area contributed by atoms with Crippen molar-refractivity contribution in [1.29, 1.82) is 0 Å². The van der Waals surface area contributed by atoms with Crippen molar-refractivity contribution in [3.05, 3.63) is 24.3 Å². The maximum absolute atomic E-state index is 11.9. The topological polar surface area (TPSA) is 191 Å². The van der Waals surface area contributed by atoms with Crippen molar-refractivity contribution in [1.82, 2.24) is 10.6 Å². The first-order chi connectivity index (χ1) is 13.2. The van der Waals surface area contributed by atoms with Crippen LogP contribution in [-0.2, 0) is 19.2 Å². The molecular weight excluding hydrogens is 455 g/mol. The molecule has 0 aliphatic carbocycles. The molecule has 0 aromatic heterocycles. The summed E-state index contributed by atoms with van der Waals surface area (Å²) in [5.41, 5.74) is 5.54. The second-order valence-electron chi connectivity index (χ2n) is 5.34. The van der Waals surface area contributed by atoms with Crippen LogP contribution in [0.5, 0.6) is 0 Å². The molecule has 0 radical (unpaired) electrons. The normalized spacial score (nSPS) is 11.6. The van der Waals surface area contributed by atoms with Crippen molar-refractivity contribution in [3.8, 4) is 0 Å². The van der Waals surface area contributed by atoms with E-state index in [4.69, 9.17) is 19.0 Å². The number of nitrogens with two attached hydrogens (primary N) is 1. The molecule has 13 heteroatoms. The van der Waals surface area contributed by atoms with Gasteiger partial charge in [-0.3, -0.25) is 9.59 Å². The predicted octanol–water partition coefficient (Wildman–Crippen LogP) is -3.32. The molecule has 1 unspecified atom stereocenters. The number of carbonyl (C=O) groups excluding carboxylic acids is 3. The number of hydrogen-bond donors (Lipinski definition) is 7. The fraction of sp³-hybridized carbons (Fsp3) is 0.333. The van der Waals surface area contributed by atoms with Crippen molar-refractivity contribution in [2.24, 2.45) is 5.73 Å². The van der Waals surface area contributed by atoms with Crippen molar-refractivity contribution >= 4 is 60.8 Å². The Morgan fingerprint density at radius 3 is 2.25 bits per heavy atom. The minimum atomic E-state index is -2.95. The molecular formula is C15H21AsN4O7S. The molecule has 8 N–H and O–H groups in total. The molecule has 0 spiro atoms. The predicted molar refractivity (Wildman–Crippen MR) is 104 cm³/mol. The molecule has 0 aliphatic rings. The van der Waals surface area contributed by atoms with Crippen LogP contribution in [0, 0.1) is 0 Å². The number of thioether (sulfide) groups is 1. The summed E-state index contributed by atoms with van der Waals surface area (Å²) in [4.78, 5) is 45.7. The van der Waals surface area contributed by atoms with Gasteiger partial charge in [0, 0.05) is 0 Å². The SMILES string of the molecule is NCC(=O)NCC(=O)NC(CSCC(=O)Nc1ccc([As](O)O)cc1)C(=O)O. The van der Waals surface area contributed by atoms with Gasteiger partial charge in [-0.05, 0) is 0 Å². The number of carbonyl (C=O) groups is 4. The van der Waals surface area contributed by atoms with E-state index in [1.54, 1.807) is 0 Å². The average molecular weight is 476 g/mol. The number of anilines is 1. The van der Waals surface area contributed by atoms with Crippen LogP contribution < -0.4 is 26.0 Å². The second-order valence-corrected chi connectivity index (χ2v) is 8.67. The van der Waals surface area contributed by atoms with Gasteiger partial charge in [0.15, 0.2) is 0 Å². The van der Waals surface area contributed by atoms with E-state index < -0.39 is 45.7 Å². The maximum atomic E-state index is 11.9. The van der Waals surface area contributed by atoms with Crippen LogP contribution >= 0.6 is 11.8 Å². The van der Waals surface area contributed by atoms with Gasteiger partial charge in [0.1, 0.15) is 0 Å². The molecule has 0 saturated heterocycles. The number of amides is 3. The molecule has 1 aromatic carbocycles. The first kappa shape index (κ1) is 23.9. The summed E-state index contributed by atoms with van der Waals surface area (Å²) in [6.45, 7) is -0.682. The Kier molecular flexibility index (Phi) is 10.6. The summed E-state index contributed by atoms with van der Waals surface area (Å²) in [7, 11) is 0. The van der Waals surface area contributed by atoms with Gasteiger partial charge in [-0.25, -0.2) is 0 Å². The average Bonchev–Trinajstić information content (AvgIpc) is 2.65. The summed E-state index contributed by atoms with van der Waals surface area (Å²) in [5, 5.41) is 16.2. The van der Waals surface area contributed by atoms with E-state index in [-0.39, 0.29) is 24.0 Å². The molecule has 0 saturated carbocycles. The Morgan fingerprint density at radius 2 is 1.71 bits per heavy atom. The molecule has 1 aromatic rings. The van der Waals surface area contributed by atoms with Gasteiger partial charge in [-0.1, -0.05) is 0 Å². The zero-order chi connectivity index (χ0) is 21.1. The summed E-state index contributed by atoms with van der Waals surface area (Å²) >= 11 is -1.94. The molecule has 28 heavy (non-hydrogen) atoms. The van der Waals surface area contributed by atoms with Gasteiger partial charge in [-0.2, -0.15) is 0 Å². The first-order valence-electron chi connectivity index (χ1n) is 7.87. The standard InChI is InChI=1S/C15H21AsN4O7S/c17-5-12(21)18-6-13(22)20-11(15(24)25)7-28-8-14(23)19-10-3-1-9(2-4-10)16(26)27/h1-4,11,26-27H,5-8,17H2,(H,18,21)(H,19,23)(H,20,22)(H,24,25). The monoisotopic (exact) mass is 476 g/mol. The summed E-state index contributed by atoms with van der Waals surface area (Å²) in [5.74, 6) is -2.99. The minimum absolute atomic E-state index is 0.0525. The van der Waals surface area contributed by atoms with Gasteiger partial charge in [0.2, 0.25) is 5.91 Å². The van der Waals surface area contributed by atoms with Gasteiger partial charge in [0.05, 0.1) is 13.1 Å². The number of hydrogen-bond acceptors (Lipinski definition) is 8. The Hall–Kier alpha value is -2.11. The van der Waals surface area contributed by atoms with Crippen molar-refractivity contribution < 1.29 is 32.5 Å². The van der Waals surface area contributed by atoms with E-state index in [2.05, 4.69) is 16.0 Å². The van der Waals surface area contributed by atoms with Gasteiger partial charge < -0.3 is 11.1 Å². The van der Waals surface area contributed by atoms with Crippen molar-refractivity contribution in [2.45, 2.75) is 6.04 Å². The fourth-order valence-corrected chi connectivity index (χ4v) is 3.53. The Morgan fingerprint density at radius 1 is 1.07 bits per heavy atom. The molecule has 0 bridgehead atoms. The van der Waals surface area contributed by atoms with Crippen molar-refractivity contribution in [3.63, 3.8) is 0 Å². The summed E-state index contributed by atoms with van der Waals surface area (Å²) < 4.78 is 18.7. The third kappa shape index (κ3) is 9.20. The fourth-order valence-electron chi connectivity index (χ4n) is 1.82. The molecule has 1 atom stereocenters. The van der Waals surface area contributed by atoms with E-state index in [1.165, 1.54) is 24.3 Å². The van der Waals surface area contributed by atoms with Gasteiger partial charge in [-0.15, -0.1) is 0 Å². The van der Waals surface area contributed by atoms with E-state index in [1.807, 2.05) is 0 Å². The Bertz CT molecular complexity index is 702. The number of aliphatic carboxylic acids is 1. The van der Waals surface area contributed by atoms with Crippen LogP contribution in [0.3, 0.4) is 0 Å². The zero-order valence-electron chi connectivity index (χ0n) is 14.6. The van der Waals surface area contributed by atoms with E-state index >= 15 is 0 Å². The summed E-state index contributed by atoms with van der Waals surface area (Å²) in [6, 6.07) is 4.84. The number of rotatable bonds is 11. The molecule has 3 amide bonds. The van der Waals surface area contributed by atoms with Crippen LogP contribution in [0.1, 0.15) is 0 Å². The van der Waals surface area contributed by atoms with Crippen LogP contribution in [0.15, 0.2) is 24.3 Å². The first-order valence-corrected chi connectivity index (χ1v) is 11.6. The molecule has 154 valence electrons. The number of nitrogens with one attached hydrogen (secondary N) is 3.